The van der Waals surface area contributed by atoms with Crippen LogP contribution in [0.4, 0.5) is 10.1 Å². The summed E-state index contributed by atoms with van der Waals surface area (Å²) in [7, 11) is 0. The van der Waals surface area contributed by atoms with Crippen LogP contribution in [0.25, 0.3) is 5.69 Å². The van der Waals surface area contributed by atoms with Gasteiger partial charge in [-0.1, -0.05) is 13.8 Å². The van der Waals surface area contributed by atoms with E-state index in [9.17, 15) is 9.59 Å². The number of hydrogen-bond acceptors (Lipinski definition) is 5. The number of nitrogens with one attached hydrogen (secondary N) is 1. The second-order valence-electron chi connectivity index (χ2n) is 10.5. The van der Waals surface area contributed by atoms with Crippen molar-refractivity contribution in [2.75, 3.05) is 18.5 Å². The summed E-state index contributed by atoms with van der Waals surface area (Å²) in [5.41, 5.74) is 8.38. The van der Waals surface area contributed by atoms with E-state index in [2.05, 4.69) is 19.2 Å². The number of hydrogen-bond donors (Lipinski definition) is 2. The van der Waals surface area contributed by atoms with Crippen LogP contribution in [0.2, 0.25) is 0 Å². The van der Waals surface area contributed by atoms with Crippen LogP contribution in [0.5, 0.6) is 0 Å². The van der Waals surface area contributed by atoms with Crippen LogP contribution in [0.15, 0.2) is 12.1 Å². The fourth-order valence-corrected chi connectivity index (χ4v) is 5.12. The number of primary amides is 1. The van der Waals surface area contributed by atoms with Gasteiger partial charge in [0.25, 0.3) is 5.91 Å². The summed E-state index contributed by atoms with van der Waals surface area (Å²) in [5, 5.41) is 8.13. The third-order valence-electron chi connectivity index (χ3n) is 6.94. The van der Waals surface area contributed by atoms with Crippen LogP contribution >= 0.6 is 0 Å². The standard InChI is InChI=1S/C25H31FN4O3/c1-25(2)12-20-23(21(31)13-25)19(9-14-3-4-14)29-30(20)16-10-17(26)22(24(27)32)18(11-16)28-15-5-7-33-8-6-15/h10-11,14-15,28H,3-9,12-13H2,1-2H3,(H2,27,32). The van der Waals surface area contributed by atoms with Crippen molar-refractivity contribution in [2.45, 2.75) is 64.8 Å². The van der Waals surface area contributed by atoms with Crippen molar-refractivity contribution >= 4 is 17.4 Å². The topological polar surface area (TPSA) is 99.2 Å². The van der Waals surface area contributed by atoms with Gasteiger partial charge in [0.05, 0.1) is 33.9 Å². The molecule has 2 heterocycles. The lowest BCUT2D eigenvalue weighted by molar-refractivity contribution is 0.0902. The number of carbonyl (C=O) groups excluding carboxylic acids is 2. The Morgan fingerprint density at radius 2 is 1.97 bits per heavy atom. The summed E-state index contributed by atoms with van der Waals surface area (Å²) >= 11 is 0. The summed E-state index contributed by atoms with van der Waals surface area (Å²) in [6.45, 7) is 5.36. The van der Waals surface area contributed by atoms with Gasteiger partial charge < -0.3 is 15.8 Å². The molecule has 1 saturated carbocycles. The quantitative estimate of drug-likeness (QED) is 0.692. The molecule has 0 atom stereocenters. The molecule has 8 heteroatoms. The van der Waals surface area contributed by atoms with Gasteiger partial charge in [0, 0.05) is 31.7 Å². The summed E-state index contributed by atoms with van der Waals surface area (Å²) in [4.78, 5) is 25.2. The third-order valence-corrected chi connectivity index (χ3v) is 6.94. The number of ketones is 1. The van der Waals surface area contributed by atoms with Crippen LogP contribution < -0.4 is 11.1 Å². The Morgan fingerprint density at radius 1 is 1.24 bits per heavy atom. The monoisotopic (exact) mass is 454 g/mol. The molecule has 3 N–H and O–H groups in total. The van der Waals surface area contributed by atoms with Crippen LogP contribution in [0.1, 0.15) is 78.1 Å². The van der Waals surface area contributed by atoms with E-state index in [1.54, 1.807) is 10.7 Å². The smallest absolute Gasteiger partial charge is 0.253 e. The molecule has 1 aliphatic heterocycles. The zero-order valence-corrected chi connectivity index (χ0v) is 19.2. The predicted octanol–water partition coefficient (Wildman–Crippen LogP) is 3.81. The van der Waals surface area contributed by atoms with E-state index in [0.29, 0.717) is 48.9 Å². The Kier molecular flexibility index (Phi) is 5.51. The Balaban J connectivity index is 1.61. The lowest BCUT2D eigenvalue weighted by atomic mass is 9.75. The van der Waals surface area contributed by atoms with Gasteiger partial charge in [-0.3, -0.25) is 9.59 Å². The maximum Gasteiger partial charge on any atom is 0.253 e. The molecule has 176 valence electrons. The predicted molar refractivity (Wildman–Crippen MR) is 122 cm³/mol. The zero-order chi connectivity index (χ0) is 23.3. The van der Waals surface area contributed by atoms with Crippen LogP contribution in [0, 0.1) is 17.2 Å². The molecule has 5 rings (SSSR count). The molecule has 3 aliphatic rings. The molecule has 0 spiro atoms. The van der Waals surface area contributed by atoms with Crippen molar-refractivity contribution in [3.05, 3.63) is 40.5 Å². The van der Waals surface area contributed by atoms with Gasteiger partial charge in [0.15, 0.2) is 5.78 Å². The molecule has 0 radical (unpaired) electrons. The van der Waals surface area contributed by atoms with E-state index < -0.39 is 11.7 Å². The molecule has 1 aromatic heterocycles. The van der Waals surface area contributed by atoms with Crippen molar-refractivity contribution in [1.29, 1.82) is 0 Å². The SMILES string of the molecule is CC1(C)CC(=O)c2c(CC3CC3)nn(-c3cc(F)c(C(N)=O)c(NC4CCOCC4)c3)c2C1. The lowest BCUT2D eigenvalue weighted by Crippen LogP contribution is -2.30. The average molecular weight is 455 g/mol. The minimum Gasteiger partial charge on any atom is -0.381 e. The maximum absolute atomic E-state index is 15.2. The van der Waals surface area contributed by atoms with E-state index in [0.717, 1.165) is 43.5 Å². The van der Waals surface area contributed by atoms with Crippen molar-refractivity contribution in [3.8, 4) is 5.69 Å². The highest BCUT2D eigenvalue weighted by Gasteiger charge is 2.38. The van der Waals surface area contributed by atoms with Gasteiger partial charge in [0.1, 0.15) is 5.82 Å². The fourth-order valence-electron chi connectivity index (χ4n) is 5.12. The van der Waals surface area contributed by atoms with Crippen molar-refractivity contribution in [1.82, 2.24) is 9.78 Å². The lowest BCUT2D eigenvalue weighted by Gasteiger charge is -2.29. The number of rotatable bonds is 6. The number of nitrogens with two attached hydrogens (primary N) is 1. The Hall–Kier alpha value is -2.74. The number of aromatic nitrogens is 2. The molecule has 2 aliphatic carbocycles. The normalized spacial score (nSPS) is 20.5. The minimum absolute atomic E-state index is 0.0592. The molecule has 33 heavy (non-hydrogen) atoms. The molecule has 0 unspecified atom stereocenters. The van der Waals surface area contributed by atoms with E-state index in [4.69, 9.17) is 15.6 Å². The first-order valence-corrected chi connectivity index (χ1v) is 11.8. The molecular weight excluding hydrogens is 423 g/mol. The summed E-state index contributed by atoms with van der Waals surface area (Å²) in [6, 6.07) is 3.10. The molecule has 1 aromatic carbocycles. The van der Waals surface area contributed by atoms with Gasteiger partial charge in [-0.05, 0) is 55.9 Å². The second-order valence-corrected chi connectivity index (χ2v) is 10.5. The number of nitrogens with zero attached hydrogens (tertiary/aromatic N) is 2. The van der Waals surface area contributed by atoms with Crippen molar-refractivity contribution in [2.24, 2.45) is 17.1 Å². The van der Waals surface area contributed by atoms with Crippen LogP contribution in [-0.2, 0) is 17.6 Å². The molecule has 7 nitrogen and oxygen atoms in total. The third kappa shape index (κ3) is 4.40. The zero-order valence-electron chi connectivity index (χ0n) is 19.2. The van der Waals surface area contributed by atoms with Gasteiger partial charge in [-0.15, -0.1) is 0 Å². The Morgan fingerprint density at radius 3 is 2.64 bits per heavy atom. The number of amides is 1. The van der Waals surface area contributed by atoms with Gasteiger partial charge in [-0.2, -0.15) is 5.10 Å². The molecule has 1 saturated heterocycles. The molecule has 0 bridgehead atoms. The largest absolute Gasteiger partial charge is 0.381 e. The van der Waals surface area contributed by atoms with E-state index in [-0.39, 0.29) is 22.8 Å². The van der Waals surface area contributed by atoms with Gasteiger partial charge >= 0.3 is 0 Å². The number of carbonyl (C=O) groups is 2. The summed E-state index contributed by atoms with van der Waals surface area (Å²) in [6.07, 6.45) is 5.76. The van der Waals surface area contributed by atoms with Crippen molar-refractivity contribution < 1.29 is 18.7 Å². The van der Waals surface area contributed by atoms with Gasteiger partial charge in [-0.25, -0.2) is 9.07 Å². The molecule has 2 fully saturated rings. The molecule has 2 aromatic rings. The van der Waals surface area contributed by atoms with Crippen LogP contribution in [0.3, 0.4) is 0 Å². The Bertz CT molecular complexity index is 1110. The number of benzene rings is 1. The highest BCUT2D eigenvalue weighted by Crippen LogP contribution is 2.40. The van der Waals surface area contributed by atoms with E-state index >= 15 is 4.39 Å². The van der Waals surface area contributed by atoms with Crippen LogP contribution in [-0.4, -0.2) is 40.7 Å². The highest BCUT2D eigenvalue weighted by molar-refractivity contribution is 6.00. The fraction of sp³-hybridized carbons (Fsp3) is 0.560. The number of fused-ring (bicyclic) bond motifs is 1. The first kappa shape index (κ1) is 22.1. The second kappa shape index (κ2) is 8.24. The first-order chi connectivity index (χ1) is 15.7. The summed E-state index contributed by atoms with van der Waals surface area (Å²) in [5.74, 6) is -0.830. The van der Waals surface area contributed by atoms with Gasteiger partial charge in [0.2, 0.25) is 0 Å². The molecule has 1 amide bonds. The first-order valence-electron chi connectivity index (χ1n) is 11.8. The number of ether oxygens (including phenoxy) is 1. The number of halogens is 1. The highest BCUT2D eigenvalue weighted by atomic mass is 19.1. The number of anilines is 1. The van der Waals surface area contributed by atoms with E-state index in [1.165, 1.54) is 6.07 Å². The van der Waals surface area contributed by atoms with Crippen molar-refractivity contribution in [3.63, 3.8) is 0 Å². The number of Topliss-reactive ketones (excluding diaryl/α,β-unsaturated/α-hetero) is 1. The average Bonchev–Trinajstić information content (AvgIpc) is 3.47. The minimum atomic E-state index is -0.818. The van der Waals surface area contributed by atoms with E-state index in [1.807, 2.05) is 0 Å². The maximum atomic E-state index is 15.2. The Labute approximate surface area is 192 Å². The summed E-state index contributed by atoms with van der Waals surface area (Å²) < 4.78 is 22.3. The molecular formula is C25H31FN4O3.